The number of benzene rings is 1. The molecule has 1 atom stereocenters. The highest BCUT2D eigenvalue weighted by atomic mass is 32.1. The standard InChI is InChI=1S/C20H22N6O3S/c1-13-11-28-9-8-26(13)19-22-17(16-10-21-12-30-16)23-20(24-19)29-15-6-4-14(5-7-15)18(27)25(2)3/h4-7,10,12-13H,8-9,11H2,1-3H3/t13-/m0/s1. The molecule has 0 spiro atoms. The van der Waals surface area contributed by atoms with Crippen molar-refractivity contribution in [2.24, 2.45) is 0 Å². The Labute approximate surface area is 178 Å². The van der Waals surface area contributed by atoms with Crippen LogP contribution >= 0.6 is 11.3 Å². The molecule has 1 aliphatic heterocycles. The lowest BCUT2D eigenvalue weighted by molar-refractivity contribution is 0.0827. The molecule has 0 radical (unpaired) electrons. The van der Waals surface area contributed by atoms with Crippen LogP contribution in [0, 0.1) is 0 Å². The van der Waals surface area contributed by atoms with Gasteiger partial charge in [0.2, 0.25) is 5.95 Å². The normalized spacial score (nSPS) is 16.4. The first-order valence-electron chi connectivity index (χ1n) is 9.50. The summed E-state index contributed by atoms with van der Waals surface area (Å²) in [6.07, 6.45) is 1.72. The summed E-state index contributed by atoms with van der Waals surface area (Å²) >= 11 is 1.45. The average Bonchev–Trinajstić information content (AvgIpc) is 3.29. The second kappa shape index (κ2) is 8.72. The van der Waals surface area contributed by atoms with Crippen molar-refractivity contribution in [1.29, 1.82) is 0 Å². The van der Waals surface area contributed by atoms with E-state index in [0.717, 1.165) is 4.88 Å². The van der Waals surface area contributed by atoms with Crippen LogP contribution in [0.15, 0.2) is 36.0 Å². The van der Waals surface area contributed by atoms with Gasteiger partial charge in [0, 0.05) is 32.4 Å². The summed E-state index contributed by atoms with van der Waals surface area (Å²) in [7, 11) is 3.43. The number of amides is 1. The molecule has 1 aromatic carbocycles. The summed E-state index contributed by atoms with van der Waals surface area (Å²) in [5.41, 5.74) is 2.31. The predicted molar refractivity (Wildman–Crippen MR) is 113 cm³/mol. The van der Waals surface area contributed by atoms with E-state index in [0.29, 0.717) is 42.8 Å². The summed E-state index contributed by atoms with van der Waals surface area (Å²) < 4.78 is 11.4. The first-order valence-corrected chi connectivity index (χ1v) is 10.4. The number of carbonyl (C=O) groups is 1. The SMILES string of the molecule is C[C@H]1COCCN1c1nc(Oc2ccc(C(=O)N(C)C)cc2)nc(-c2cncs2)n1. The highest BCUT2D eigenvalue weighted by Crippen LogP contribution is 2.27. The van der Waals surface area contributed by atoms with E-state index >= 15 is 0 Å². The molecule has 9 nitrogen and oxygen atoms in total. The Balaban J connectivity index is 1.64. The molecule has 0 N–H and O–H groups in total. The van der Waals surface area contributed by atoms with Gasteiger partial charge in [-0.05, 0) is 31.2 Å². The number of nitrogens with zero attached hydrogens (tertiary/aromatic N) is 6. The van der Waals surface area contributed by atoms with E-state index in [4.69, 9.17) is 9.47 Å². The maximum atomic E-state index is 12.1. The van der Waals surface area contributed by atoms with E-state index in [1.165, 1.54) is 16.2 Å². The number of morpholine rings is 1. The van der Waals surface area contributed by atoms with Crippen molar-refractivity contribution in [3.05, 3.63) is 41.5 Å². The number of hydrogen-bond acceptors (Lipinski definition) is 9. The van der Waals surface area contributed by atoms with Crippen LogP contribution in [0.3, 0.4) is 0 Å². The van der Waals surface area contributed by atoms with E-state index in [1.54, 1.807) is 50.1 Å². The van der Waals surface area contributed by atoms with Gasteiger partial charge in [0.25, 0.3) is 5.91 Å². The Kier molecular flexibility index (Phi) is 5.86. The maximum Gasteiger partial charge on any atom is 0.327 e. The zero-order chi connectivity index (χ0) is 21.1. The van der Waals surface area contributed by atoms with Crippen LogP contribution in [0.1, 0.15) is 17.3 Å². The Morgan fingerprint density at radius 1 is 1.23 bits per heavy atom. The smallest absolute Gasteiger partial charge is 0.327 e. The number of rotatable bonds is 5. The lowest BCUT2D eigenvalue weighted by Crippen LogP contribution is -2.44. The largest absolute Gasteiger partial charge is 0.424 e. The molecule has 1 saturated heterocycles. The molecule has 1 amide bonds. The van der Waals surface area contributed by atoms with E-state index in [1.807, 2.05) is 0 Å². The summed E-state index contributed by atoms with van der Waals surface area (Å²) in [6.45, 7) is 3.98. The van der Waals surface area contributed by atoms with E-state index in [-0.39, 0.29) is 18.0 Å². The van der Waals surface area contributed by atoms with Crippen molar-refractivity contribution in [2.75, 3.05) is 38.8 Å². The number of anilines is 1. The van der Waals surface area contributed by atoms with Crippen molar-refractivity contribution >= 4 is 23.2 Å². The minimum atomic E-state index is -0.0715. The highest BCUT2D eigenvalue weighted by molar-refractivity contribution is 7.13. The molecule has 3 aromatic rings. The van der Waals surface area contributed by atoms with Crippen LogP contribution in [-0.2, 0) is 4.74 Å². The van der Waals surface area contributed by atoms with Gasteiger partial charge < -0.3 is 19.3 Å². The summed E-state index contributed by atoms with van der Waals surface area (Å²) in [5, 5.41) is 0. The number of aromatic nitrogens is 4. The Morgan fingerprint density at radius 3 is 2.70 bits per heavy atom. The first kappa shape index (κ1) is 20.2. The zero-order valence-electron chi connectivity index (χ0n) is 17.0. The molecule has 3 heterocycles. The molecule has 1 fully saturated rings. The molecule has 0 saturated carbocycles. The zero-order valence-corrected chi connectivity index (χ0v) is 17.8. The fourth-order valence-corrected chi connectivity index (χ4v) is 3.56. The molecule has 30 heavy (non-hydrogen) atoms. The third-order valence-corrected chi connectivity index (χ3v) is 5.37. The number of ether oxygens (including phenoxy) is 2. The van der Waals surface area contributed by atoms with Crippen molar-refractivity contribution < 1.29 is 14.3 Å². The minimum Gasteiger partial charge on any atom is -0.424 e. The van der Waals surface area contributed by atoms with Gasteiger partial charge in [-0.25, -0.2) is 0 Å². The average molecular weight is 427 g/mol. The van der Waals surface area contributed by atoms with Crippen LogP contribution in [0.5, 0.6) is 11.8 Å². The second-order valence-corrected chi connectivity index (χ2v) is 7.94. The van der Waals surface area contributed by atoms with Crippen molar-refractivity contribution in [1.82, 2.24) is 24.8 Å². The Hall–Kier alpha value is -3.11. The third kappa shape index (κ3) is 4.39. The van der Waals surface area contributed by atoms with Gasteiger partial charge in [-0.1, -0.05) is 0 Å². The fraction of sp³-hybridized carbons (Fsp3) is 0.350. The van der Waals surface area contributed by atoms with E-state index < -0.39 is 0 Å². The molecule has 4 rings (SSSR count). The number of thiazole rings is 1. The van der Waals surface area contributed by atoms with Gasteiger partial charge in [-0.3, -0.25) is 9.78 Å². The summed E-state index contributed by atoms with van der Waals surface area (Å²) in [6, 6.07) is 7.21. The fourth-order valence-electron chi connectivity index (χ4n) is 3.01. The first-order chi connectivity index (χ1) is 14.5. The molecule has 2 aromatic heterocycles. The van der Waals surface area contributed by atoms with E-state index in [2.05, 4.69) is 31.8 Å². The molecule has 0 unspecified atom stereocenters. The number of carbonyl (C=O) groups excluding carboxylic acids is 1. The number of hydrogen-bond donors (Lipinski definition) is 0. The predicted octanol–water partition coefficient (Wildman–Crippen LogP) is 2.71. The summed E-state index contributed by atoms with van der Waals surface area (Å²) in [5.74, 6) is 1.51. The lowest BCUT2D eigenvalue weighted by Gasteiger charge is -2.33. The van der Waals surface area contributed by atoms with Gasteiger partial charge in [-0.2, -0.15) is 15.0 Å². The maximum absolute atomic E-state index is 12.1. The van der Waals surface area contributed by atoms with Crippen LogP contribution < -0.4 is 9.64 Å². The van der Waals surface area contributed by atoms with Gasteiger partial charge in [0.1, 0.15) is 5.75 Å². The van der Waals surface area contributed by atoms with Gasteiger partial charge >= 0.3 is 6.01 Å². The lowest BCUT2D eigenvalue weighted by atomic mass is 10.2. The second-order valence-electron chi connectivity index (χ2n) is 7.05. The van der Waals surface area contributed by atoms with Crippen LogP contribution in [0.25, 0.3) is 10.7 Å². The van der Waals surface area contributed by atoms with Gasteiger partial charge in [0.05, 0.1) is 29.6 Å². The van der Waals surface area contributed by atoms with Crippen molar-refractivity contribution in [3.63, 3.8) is 0 Å². The highest BCUT2D eigenvalue weighted by Gasteiger charge is 2.24. The molecule has 1 aliphatic rings. The molecule has 156 valence electrons. The van der Waals surface area contributed by atoms with Crippen molar-refractivity contribution in [3.8, 4) is 22.5 Å². The minimum absolute atomic E-state index is 0.0715. The third-order valence-electron chi connectivity index (χ3n) is 4.60. The van der Waals surface area contributed by atoms with E-state index in [9.17, 15) is 4.79 Å². The topological polar surface area (TPSA) is 93.6 Å². The van der Waals surface area contributed by atoms with Gasteiger partial charge in [-0.15, -0.1) is 11.3 Å². The molecule has 10 heteroatoms. The van der Waals surface area contributed by atoms with Crippen LogP contribution in [0.2, 0.25) is 0 Å². The molecule has 0 bridgehead atoms. The summed E-state index contributed by atoms with van der Waals surface area (Å²) in [4.78, 5) is 34.3. The Bertz CT molecular complexity index is 1010. The van der Waals surface area contributed by atoms with Crippen LogP contribution in [-0.4, -0.2) is 70.6 Å². The molecular formula is C20H22N6O3S. The van der Waals surface area contributed by atoms with Gasteiger partial charge in [0.15, 0.2) is 5.82 Å². The Morgan fingerprint density at radius 2 is 2.03 bits per heavy atom. The quantitative estimate of drug-likeness (QED) is 0.615. The monoisotopic (exact) mass is 426 g/mol. The molecule has 0 aliphatic carbocycles. The van der Waals surface area contributed by atoms with Crippen LogP contribution in [0.4, 0.5) is 5.95 Å². The molecular weight excluding hydrogens is 404 g/mol. The van der Waals surface area contributed by atoms with Crippen molar-refractivity contribution in [2.45, 2.75) is 13.0 Å².